The fourth-order valence-corrected chi connectivity index (χ4v) is 2.34. The first kappa shape index (κ1) is 12.4. The topological polar surface area (TPSA) is 29.5 Å². The van der Waals surface area contributed by atoms with Gasteiger partial charge in [0, 0.05) is 19.5 Å². The van der Waals surface area contributed by atoms with Gasteiger partial charge in [0.05, 0.1) is 11.1 Å². The molecule has 92 valence electrons. The standard InChI is InChI=1S/C13H16BrNO2/c14-11-5-1-2-6-12(11)17-10-4-9-15-8-3-7-13(15)16/h1-2,5-6H,3-4,7-10H2. The van der Waals surface area contributed by atoms with E-state index in [0.717, 1.165) is 36.2 Å². The van der Waals surface area contributed by atoms with E-state index < -0.39 is 0 Å². The summed E-state index contributed by atoms with van der Waals surface area (Å²) in [5, 5.41) is 0. The number of para-hydroxylation sites is 1. The third-order valence-corrected chi connectivity index (χ3v) is 3.49. The van der Waals surface area contributed by atoms with E-state index in [1.807, 2.05) is 29.2 Å². The van der Waals surface area contributed by atoms with Crippen LogP contribution >= 0.6 is 15.9 Å². The predicted octanol–water partition coefficient (Wildman–Crippen LogP) is 2.84. The number of likely N-dealkylation sites (tertiary alicyclic amines) is 1. The molecule has 0 radical (unpaired) electrons. The van der Waals surface area contributed by atoms with Gasteiger partial charge in [-0.05, 0) is 40.9 Å². The molecule has 1 heterocycles. The Balaban J connectivity index is 1.70. The van der Waals surface area contributed by atoms with Crippen molar-refractivity contribution in [2.75, 3.05) is 19.7 Å². The Hall–Kier alpha value is -1.03. The van der Waals surface area contributed by atoms with Gasteiger partial charge in [0.15, 0.2) is 0 Å². The van der Waals surface area contributed by atoms with Gasteiger partial charge in [0.1, 0.15) is 5.75 Å². The molecule has 1 aromatic carbocycles. The van der Waals surface area contributed by atoms with Crippen LogP contribution in [0.2, 0.25) is 0 Å². The summed E-state index contributed by atoms with van der Waals surface area (Å²) < 4.78 is 6.62. The van der Waals surface area contributed by atoms with Gasteiger partial charge < -0.3 is 9.64 Å². The lowest BCUT2D eigenvalue weighted by Gasteiger charge is -2.15. The van der Waals surface area contributed by atoms with Gasteiger partial charge in [-0.1, -0.05) is 12.1 Å². The van der Waals surface area contributed by atoms with Crippen LogP contribution in [-0.2, 0) is 4.79 Å². The Morgan fingerprint density at radius 2 is 2.18 bits per heavy atom. The molecule has 1 aliphatic heterocycles. The number of nitrogens with zero attached hydrogens (tertiary/aromatic N) is 1. The van der Waals surface area contributed by atoms with Crippen LogP contribution in [0.25, 0.3) is 0 Å². The molecule has 1 amide bonds. The Labute approximate surface area is 110 Å². The van der Waals surface area contributed by atoms with Crippen LogP contribution in [0.4, 0.5) is 0 Å². The van der Waals surface area contributed by atoms with Crippen LogP contribution in [0.1, 0.15) is 19.3 Å². The highest BCUT2D eigenvalue weighted by Crippen LogP contribution is 2.23. The maximum Gasteiger partial charge on any atom is 0.222 e. The number of carbonyl (C=O) groups excluding carboxylic acids is 1. The van der Waals surface area contributed by atoms with E-state index in [2.05, 4.69) is 15.9 Å². The highest BCUT2D eigenvalue weighted by Gasteiger charge is 2.18. The second-order valence-electron chi connectivity index (χ2n) is 4.12. The molecule has 17 heavy (non-hydrogen) atoms. The quantitative estimate of drug-likeness (QED) is 0.782. The van der Waals surface area contributed by atoms with Crippen molar-refractivity contribution in [3.8, 4) is 5.75 Å². The number of ether oxygens (including phenoxy) is 1. The van der Waals surface area contributed by atoms with Crippen molar-refractivity contribution in [3.05, 3.63) is 28.7 Å². The largest absolute Gasteiger partial charge is 0.492 e. The van der Waals surface area contributed by atoms with E-state index in [9.17, 15) is 4.79 Å². The minimum absolute atomic E-state index is 0.283. The first-order chi connectivity index (χ1) is 8.27. The van der Waals surface area contributed by atoms with E-state index in [-0.39, 0.29) is 5.91 Å². The molecule has 1 saturated heterocycles. The Kier molecular flexibility index (Phi) is 4.42. The highest BCUT2D eigenvalue weighted by atomic mass is 79.9. The molecule has 0 N–H and O–H groups in total. The molecule has 0 atom stereocenters. The van der Waals surface area contributed by atoms with Gasteiger partial charge >= 0.3 is 0 Å². The number of hydrogen-bond acceptors (Lipinski definition) is 2. The number of benzene rings is 1. The maximum atomic E-state index is 11.4. The number of rotatable bonds is 5. The summed E-state index contributed by atoms with van der Waals surface area (Å²) in [6.45, 7) is 2.36. The maximum absolute atomic E-state index is 11.4. The molecular weight excluding hydrogens is 282 g/mol. The first-order valence-corrected chi connectivity index (χ1v) is 6.72. The van der Waals surface area contributed by atoms with E-state index in [1.54, 1.807) is 0 Å². The lowest BCUT2D eigenvalue weighted by Crippen LogP contribution is -2.26. The molecule has 0 bridgehead atoms. The van der Waals surface area contributed by atoms with Crippen LogP contribution < -0.4 is 4.74 Å². The number of halogens is 1. The summed E-state index contributed by atoms with van der Waals surface area (Å²) in [7, 11) is 0. The molecule has 0 saturated carbocycles. The van der Waals surface area contributed by atoms with Crippen molar-refractivity contribution in [3.63, 3.8) is 0 Å². The van der Waals surface area contributed by atoms with Crippen LogP contribution in [0.5, 0.6) is 5.75 Å². The number of hydrogen-bond donors (Lipinski definition) is 0. The van der Waals surface area contributed by atoms with Gasteiger partial charge in [-0.2, -0.15) is 0 Å². The number of amides is 1. The van der Waals surface area contributed by atoms with Crippen molar-refractivity contribution in [1.29, 1.82) is 0 Å². The Morgan fingerprint density at radius 1 is 1.35 bits per heavy atom. The minimum atomic E-state index is 0.283. The van der Waals surface area contributed by atoms with Crippen molar-refractivity contribution >= 4 is 21.8 Å². The van der Waals surface area contributed by atoms with Gasteiger partial charge in [0.2, 0.25) is 5.91 Å². The van der Waals surface area contributed by atoms with Crippen LogP contribution in [-0.4, -0.2) is 30.5 Å². The lowest BCUT2D eigenvalue weighted by molar-refractivity contribution is -0.127. The van der Waals surface area contributed by atoms with E-state index in [0.29, 0.717) is 13.0 Å². The Morgan fingerprint density at radius 3 is 2.88 bits per heavy atom. The Bertz CT molecular complexity index is 395. The summed E-state index contributed by atoms with van der Waals surface area (Å²) in [6.07, 6.45) is 2.60. The molecule has 0 spiro atoms. The normalized spacial score (nSPS) is 15.4. The molecule has 1 aromatic rings. The zero-order valence-electron chi connectivity index (χ0n) is 9.69. The average Bonchev–Trinajstić information content (AvgIpc) is 2.73. The molecule has 0 unspecified atom stereocenters. The van der Waals surface area contributed by atoms with Gasteiger partial charge in [0.25, 0.3) is 0 Å². The predicted molar refractivity (Wildman–Crippen MR) is 70.1 cm³/mol. The van der Waals surface area contributed by atoms with Crippen molar-refractivity contribution in [2.45, 2.75) is 19.3 Å². The summed E-state index contributed by atoms with van der Waals surface area (Å²) >= 11 is 3.43. The van der Waals surface area contributed by atoms with Gasteiger partial charge in [-0.15, -0.1) is 0 Å². The third kappa shape index (κ3) is 3.46. The fraction of sp³-hybridized carbons (Fsp3) is 0.462. The monoisotopic (exact) mass is 297 g/mol. The van der Waals surface area contributed by atoms with E-state index in [4.69, 9.17) is 4.74 Å². The molecule has 3 nitrogen and oxygen atoms in total. The molecule has 4 heteroatoms. The van der Waals surface area contributed by atoms with Crippen molar-refractivity contribution in [2.24, 2.45) is 0 Å². The summed E-state index contributed by atoms with van der Waals surface area (Å²) in [5.41, 5.74) is 0. The molecule has 1 aliphatic rings. The number of carbonyl (C=O) groups is 1. The zero-order valence-corrected chi connectivity index (χ0v) is 11.3. The first-order valence-electron chi connectivity index (χ1n) is 5.92. The van der Waals surface area contributed by atoms with Crippen molar-refractivity contribution < 1.29 is 9.53 Å². The summed E-state index contributed by atoms with van der Waals surface area (Å²) in [6, 6.07) is 7.80. The molecule has 0 aliphatic carbocycles. The third-order valence-electron chi connectivity index (χ3n) is 2.84. The molecular formula is C13H16BrNO2. The summed E-state index contributed by atoms with van der Waals surface area (Å²) in [5.74, 6) is 1.14. The second kappa shape index (κ2) is 6.05. The van der Waals surface area contributed by atoms with Gasteiger partial charge in [-0.3, -0.25) is 4.79 Å². The smallest absolute Gasteiger partial charge is 0.222 e. The van der Waals surface area contributed by atoms with Crippen LogP contribution in [0, 0.1) is 0 Å². The molecule has 1 fully saturated rings. The fourth-order valence-electron chi connectivity index (χ4n) is 1.94. The lowest BCUT2D eigenvalue weighted by atomic mass is 10.3. The minimum Gasteiger partial charge on any atom is -0.492 e. The zero-order chi connectivity index (χ0) is 12.1. The SMILES string of the molecule is O=C1CCCN1CCCOc1ccccc1Br. The average molecular weight is 298 g/mol. The van der Waals surface area contributed by atoms with Crippen LogP contribution in [0.15, 0.2) is 28.7 Å². The van der Waals surface area contributed by atoms with Gasteiger partial charge in [-0.25, -0.2) is 0 Å². The summed E-state index contributed by atoms with van der Waals surface area (Å²) in [4.78, 5) is 13.3. The highest BCUT2D eigenvalue weighted by molar-refractivity contribution is 9.10. The molecule has 0 aromatic heterocycles. The van der Waals surface area contributed by atoms with E-state index >= 15 is 0 Å². The van der Waals surface area contributed by atoms with Crippen LogP contribution in [0.3, 0.4) is 0 Å². The van der Waals surface area contributed by atoms with Crippen molar-refractivity contribution in [1.82, 2.24) is 4.90 Å². The van der Waals surface area contributed by atoms with E-state index in [1.165, 1.54) is 0 Å². The molecule has 2 rings (SSSR count). The second-order valence-corrected chi connectivity index (χ2v) is 4.97.